The van der Waals surface area contributed by atoms with Crippen LogP contribution in [0.15, 0.2) is 29.2 Å². The van der Waals surface area contributed by atoms with Gasteiger partial charge in [0.2, 0.25) is 0 Å². The standard InChI is InChI=1S/C30H39F4N3O2S/c1-19(2)22-17-24(27(25(31)18-22)40-30(32,33)34)26(29(38)39)20-11-15-37(16-12-20)14-5-3-4-8-23-10-9-21-7-6-13-35-28(21)36-23/h9-10,17-20,26H,3-8,11-16H2,1-2H3,(H,35,36)(H,38,39)/t26-/m1/s1. The molecule has 2 aliphatic heterocycles. The molecule has 40 heavy (non-hydrogen) atoms. The van der Waals surface area contributed by atoms with E-state index >= 15 is 0 Å². The second-order valence-electron chi connectivity index (χ2n) is 11.3. The van der Waals surface area contributed by atoms with Gasteiger partial charge in [-0.1, -0.05) is 32.4 Å². The first-order valence-corrected chi connectivity index (χ1v) is 15.1. The van der Waals surface area contributed by atoms with Crippen molar-refractivity contribution in [3.8, 4) is 0 Å². The molecule has 5 nitrogen and oxygen atoms in total. The predicted molar refractivity (Wildman–Crippen MR) is 151 cm³/mol. The van der Waals surface area contributed by atoms with Crippen molar-refractivity contribution in [3.05, 3.63) is 52.5 Å². The number of nitrogens with zero attached hydrogens (tertiary/aromatic N) is 2. The van der Waals surface area contributed by atoms with Crippen molar-refractivity contribution >= 4 is 23.5 Å². The van der Waals surface area contributed by atoms with Crippen LogP contribution >= 0.6 is 11.8 Å². The summed E-state index contributed by atoms with van der Waals surface area (Å²) >= 11 is -0.551. The van der Waals surface area contributed by atoms with Crippen LogP contribution in [0.2, 0.25) is 0 Å². The highest BCUT2D eigenvalue weighted by Crippen LogP contribution is 2.46. The number of likely N-dealkylation sites (tertiary alicyclic amines) is 1. The summed E-state index contributed by atoms with van der Waals surface area (Å²) in [6, 6.07) is 6.87. The molecular weight excluding hydrogens is 542 g/mol. The molecule has 0 aliphatic carbocycles. The maximum Gasteiger partial charge on any atom is 0.446 e. The van der Waals surface area contributed by atoms with Crippen molar-refractivity contribution < 1.29 is 27.5 Å². The van der Waals surface area contributed by atoms with Gasteiger partial charge in [-0.05, 0) is 117 Å². The van der Waals surface area contributed by atoms with Crippen LogP contribution < -0.4 is 5.32 Å². The van der Waals surface area contributed by atoms with Crippen LogP contribution in [-0.2, 0) is 17.6 Å². The van der Waals surface area contributed by atoms with Gasteiger partial charge in [0.1, 0.15) is 11.6 Å². The molecule has 0 bridgehead atoms. The molecule has 0 unspecified atom stereocenters. The summed E-state index contributed by atoms with van der Waals surface area (Å²) in [5.41, 5.74) is -1.87. The van der Waals surface area contributed by atoms with Crippen LogP contribution in [-0.4, -0.2) is 52.6 Å². The van der Waals surface area contributed by atoms with E-state index in [0.29, 0.717) is 31.5 Å². The number of hydrogen-bond donors (Lipinski definition) is 2. The topological polar surface area (TPSA) is 65.5 Å². The number of halogens is 4. The molecule has 0 radical (unpaired) electrons. The number of benzene rings is 1. The number of thioether (sulfide) groups is 1. The Morgan fingerprint density at radius 2 is 1.93 bits per heavy atom. The average Bonchev–Trinajstić information content (AvgIpc) is 2.90. The van der Waals surface area contributed by atoms with E-state index in [0.717, 1.165) is 69.2 Å². The Morgan fingerprint density at radius 1 is 1.18 bits per heavy atom. The largest absolute Gasteiger partial charge is 0.481 e. The lowest BCUT2D eigenvalue weighted by Gasteiger charge is -2.35. The lowest BCUT2D eigenvalue weighted by molar-refractivity contribution is -0.140. The van der Waals surface area contributed by atoms with Gasteiger partial charge < -0.3 is 15.3 Å². The van der Waals surface area contributed by atoms with E-state index in [2.05, 4.69) is 22.3 Å². The fraction of sp³-hybridized carbons (Fsp3) is 0.600. The number of carbonyl (C=O) groups is 1. The summed E-state index contributed by atoms with van der Waals surface area (Å²) in [5.74, 6) is -2.86. The van der Waals surface area contributed by atoms with E-state index < -0.39 is 39.9 Å². The van der Waals surface area contributed by atoms with Crippen LogP contribution in [0.4, 0.5) is 23.4 Å². The van der Waals surface area contributed by atoms with Gasteiger partial charge in [0.15, 0.2) is 0 Å². The number of aromatic nitrogens is 1. The second kappa shape index (κ2) is 13.6. The third-order valence-corrected chi connectivity index (χ3v) is 8.91. The number of alkyl halides is 3. The van der Waals surface area contributed by atoms with E-state index in [4.69, 9.17) is 4.98 Å². The van der Waals surface area contributed by atoms with Gasteiger partial charge in [-0.25, -0.2) is 9.37 Å². The van der Waals surface area contributed by atoms with Crippen LogP contribution in [0.1, 0.15) is 86.6 Å². The van der Waals surface area contributed by atoms with Crippen molar-refractivity contribution in [2.75, 3.05) is 31.5 Å². The number of aliphatic carboxylic acids is 1. The van der Waals surface area contributed by atoms with E-state index in [9.17, 15) is 27.5 Å². The van der Waals surface area contributed by atoms with Crippen LogP contribution in [0.25, 0.3) is 0 Å². The zero-order valence-corrected chi connectivity index (χ0v) is 24.0. The number of unbranched alkanes of at least 4 members (excludes halogenated alkanes) is 2. The molecule has 10 heteroatoms. The van der Waals surface area contributed by atoms with Gasteiger partial charge >= 0.3 is 11.5 Å². The van der Waals surface area contributed by atoms with E-state index in [1.165, 1.54) is 11.6 Å². The number of pyridine rings is 1. The normalized spacial score (nSPS) is 17.5. The molecular formula is C30H39F4N3O2S. The van der Waals surface area contributed by atoms with Gasteiger partial charge in [-0.15, -0.1) is 0 Å². The van der Waals surface area contributed by atoms with Gasteiger partial charge in [-0.2, -0.15) is 13.2 Å². The summed E-state index contributed by atoms with van der Waals surface area (Å²) in [5, 5.41) is 13.5. The van der Waals surface area contributed by atoms with Crippen molar-refractivity contribution in [1.82, 2.24) is 9.88 Å². The number of fused-ring (bicyclic) bond motifs is 1. The number of anilines is 1. The molecule has 1 fully saturated rings. The lowest BCUT2D eigenvalue weighted by Crippen LogP contribution is -2.38. The van der Waals surface area contributed by atoms with Gasteiger partial charge in [0.05, 0.1) is 10.8 Å². The van der Waals surface area contributed by atoms with E-state index in [-0.39, 0.29) is 17.4 Å². The molecule has 4 rings (SSSR count). The van der Waals surface area contributed by atoms with Crippen molar-refractivity contribution in [1.29, 1.82) is 0 Å². The first-order valence-electron chi connectivity index (χ1n) is 14.3. The molecule has 2 N–H and O–H groups in total. The molecule has 0 saturated carbocycles. The zero-order valence-electron chi connectivity index (χ0n) is 23.2. The monoisotopic (exact) mass is 581 g/mol. The maximum atomic E-state index is 14.9. The Hall–Kier alpha value is -2.33. The van der Waals surface area contributed by atoms with Gasteiger partial charge in [0, 0.05) is 12.2 Å². The molecule has 1 aromatic carbocycles. The van der Waals surface area contributed by atoms with Gasteiger partial charge in [-0.3, -0.25) is 4.79 Å². The molecule has 2 aliphatic rings. The van der Waals surface area contributed by atoms with Crippen LogP contribution in [0.3, 0.4) is 0 Å². The molecule has 0 amide bonds. The summed E-state index contributed by atoms with van der Waals surface area (Å²) in [7, 11) is 0. The van der Waals surface area contributed by atoms with Crippen molar-refractivity contribution in [3.63, 3.8) is 0 Å². The molecule has 2 aromatic rings. The number of piperidine rings is 1. The average molecular weight is 582 g/mol. The quantitative estimate of drug-likeness (QED) is 0.162. The third kappa shape index (κ3) is 8.12. The SMILES string of the molecule is CC(C)c1cc(F)c(SC(F)(F)F)c([C@H](C(=O)O)C2CCN(CCCCCc3ccc4c(n3)NCCC4)CC2)c1. The maximum absolute atomic E-state index is 14.9. The predicted octanol–water partition coefficient (Wildman–Crippen LogP) is 7.61. The fourth-order valence-electron chi connectivity index (χ4n) is 5.85. The fourth-order valence-corrected chi connectivity index (χ4v) is 6.54. The number of rotatable bonds is 11. The number of carboxylic acids is 1. The zero-order chi connectivity index (χ0) is 28.9. The lowest BCUT2D eigenvalue weighted by atomic mass is 9.79. The summed E-state index contributed by atoms with van der Waals surface area (Å²) in [6.07, 6.45) is 7.37. The second-order valence-corrected chi connectivity index (χ2v) is 12.3. The number of nitrogens with one attached hydrogen (secondary N) is 1. The molecule has 1 atom stereocenters. The minimum Gasteiger partial charge on any atom is -0.481 e. The Bertz CT molecular complexity index is 1170. The van der Waals surface area contributed by atoms with E-state index in [1.807, 2.05) is 13.8 Å². The molecule has 220 valence electrons. The number of aryl methyl sites for hydroxylation is 2. The highest BCUT2D eigenvalue weighted by atomic mass is 32.2. The van der Waals surface area contributed by atoms with Crippen molar-refractivity contribution in [2.24, 2.45) is 5.92 Å². The van der Waals surface area contributed by atoms with Crippen LogP contribution in [0, 0.1) is 11.7 Å². The summed E-state index contributed by atoms with van der Waals surface area (Å²) in [6.45, 7) is 6.85. The molecule has 1 aromatic heterocycles. The van der Waals surface area contributed by atoms with Crippen LogP contribution in [0.5, 0.6) is 0 Å². The summed E-state index contributed by atoms with van der Waals surface area (Å²) in [4.78, 5) is 18.8. The smallest absolute Gasteiger partial charge is 0.446 e. The summed E-state index contributed by atoms with van der Waals surface area (Å²) < 4.78 is 54.8. The van der Waals surface area contributed by atoms with E-state index in [1.54, 1.807) is 0 Å². The molecule has 1 saturated heterocycles. The Balaban J connectivity index is 1.31. The van der Waals surface area contributed by atoms with Crippen molar-refractivity contribution in [2.45, 2.75) is 87.5 Å². The highest BCUT2D eigenvalue weighted by molar-refractivity contribution is 8.00. The molecule has 3 heterocycles. The molecule has 0 spiro atoms. The minimum absolute atomic E-state index is 0.0528. The first-order chi connectivity index (χ1) is 19.0. The first kappa shape index (κ1) is 30.6. The van der Waals surface area contributed by atoms with Gasteiger partial charge in [0.25, 0.3) is 0 Å². The minimum atomic E-state index is -4.71. The number of carboxylic acid groups (broad SMARTS) is 1. The Labute approximate surface area is 238 Å². The Morgan fingerprint density at radius 3 is 2.60 bits per heavy atom. The highest BCUT2D eigenvalue weighted by Gasteiger charge is 2.39. The Kier molecular flexibility index (Phi) is 10.4. The third-order valence-electron chi connectivity index (χ3n) is 8.04. The number of hydrogen-bond acceptors (Lipinski definition) is 5.